The molecule has 1 aromatic rings. The third-order valence-electron chi connectivity index (χ3n) is 2.87. The van der Waals surface area contributed by atoms with Crippen molar-refractivity contribution in [3.8, 4) is 5.75 Å². The van der Waals surface area contributed by atoms with Crippen LogP contribution in [0.5, 0.6) is 5.75 Å². The van der Waals surface area contributed by atoms with Crippen molar-refractivity contribution in [2.45, 2.75) is 39.8 Å². The molecule has 0 bridgehead atoms. The normalized spacial score (nSPS) is 14.1. The third-order valence-corrected chi connectivity index (χ3v) is 3.39. The average Bonchev–Trinajstić information content (AvgIpc) is 2.31. The highest BCUT2D eigenvalue weighted by molar-refractivity contribution is 9.10. The molecule has 18 heavy (non-hydrogen) atoms. The molecule has 0 saturated heterocycles. The van der Waals surface area contributed by atoms with E-state index in [1.54, 1.807) is 6.92 Å². The van der Waals surface area contributed by atoms with Crippen molar-refractivity contribution in [2.75, 3.05) is 0 Å². The number of halogens is 1. The highest BCUT2D eigenvalue weighted by atomic mass is 79.9. The molecule has 0 radical (unpaired) electrons. The summed E-state index contributed by atoms with van der Waals surface area (Å²) in [6, 6.07) is 7.58. The molecular formula is C14H20BrNO2. The van der Waals surface area contributed by atoms with E-state index in [2.05, 4.69) is 35.1 Å². The summed E-state index contributed by atoms with van der Waals surface area (Å²) in [6.45, 7) is 7.90. The lowest BCUT2D eigenvalue weighted by atomic mass is 10.1. The van der Waals surface area contributed by atoms with Gasteiger partial charge in [0.2, 0.25) is 0 Å². The molecule has 0 aliphatic carbocycles. The van der Waals surface area contributed by atoms with Crippen LogP contribution in [0, 0.1) is 5.92 Å². The van der Waals surface area contributed by atoms with E-state index in [1.807, 2.05) is 31.2 Å². The quantitative estimate of drug-likeness (QED) is 0.905. The largest absolute Gasteiger partial charge is 0.481 e. The smallest absolute Gasteiger partial charge is 0.260 e. The molecule has 1 amide bonds. The Morgan fingerprint density at radius 1 is 1.17 bits per heavy atom. The van der Waals surface area contributed by atoms with E-state index in [1.165, 1.54) is 0 Å². The molecule has 0 aliphatic rings. The van der Waals surface area contributed by atoms with Gasteiger partial charge in [0.1, 0.15) is 5.75 Å². The second-order valence-corrected chi connectivity index (χ2v) is 5.67. The van der Waals surface area contributed by atoms with Crippen molar-refractivity contribution < 1.29 is 9.53 Å². The fourth-order valence-electron chi connectivity index (χ4n) is 1.28. The van der Waals surface area contributed by atoms with E-state index in [0.717, 1.165) is 4.47 Å². The van der Waals surface area contributed by atoms with Crippen molar-refractivity contribution >= 4 is 21.8 Å². The molecular weight excluding hydrogens is 294 g/mol. The molecule has 0 fully saturated rings. The maximum Gasteiger partial charge on any atom is 0.260 e. The molecule has 100 valence electrons. The molecule has 1 N–H and O–H groups in total. The predicted octanol–water partition coefficient (Wildman–Crippen LogP) is 3.38. The minimum Gasteiger partial charge on any atom is -0.481 e. The molecule has 0 aromatic heterocycles. The predicted molar refractivity (Wildman–Crippen MR) is 76.7 cm³/mol. The third kappa shape index (κ3) is 4.69. The van der Waals surface area contributed by atoms with Gasteiger partial charge in [0.25, 0.3) is 5.91 Å². The maximum absolute atomic E-state index is 11.9. The summed E-state index contributed by atoms with van der Waals surface area (Å²) in [5.41, 5.74) is 0. The van der Waals surface area contributed by atoms with E-state index in [-0.39, 0.29) is 11.9 Å². The molecule has 2 atom stereocenters. The molecule has 1 rings (SSSR count). The first-order valence-corrected chi connectivity index (χ1v) is 6.92. The number of nitrogens with one attached hydrogen (secondary N) is 1. The summed E-state index contributed by atoms with van der Waals surface area (Å²) in [7, 11) is 0. The Hall–Kier alpha value is -1.03. The number of carbonyl (C=O) groups is 1. The fourth-order valence-corrected chi connectivity index (χ4v) is 1.54. The fraction of sp³-hybridized carbons (Fsp3) is 0.500. The van der Waals surface area contributed by atoms with Crippen LogP contribution in [0.15, 0.2) is 28.7 Å². The SMILES string of the molecule is CC(C)[C@@H](C)NC(=O)[C@H](C)Oc1ccc(Br)cc1. The zero-order valence-corrected chi connectivity index (χ0v) is 12.8. The number of amides is 1. The number of rotatable bonds is 5. The molecule has 0 heterocycles. The van der Waals surface area contributed by atoms with Gasteiger partial charge in [-0.25, -0.2) is 0 Å². The Labute approximate surface area is 117 Å². The van der Waals surface area contributed by atoms with Gasteiger partial charge in [-0.15, -0.1) is 0 Å². The molecule has 0 aliphatic heterocycles. The van der Waals surface area contributed by atoms with Gasteiger partial charge in [-0.3, -0.25) is 4.79 Å². The first kappa shape index (κ1) is 15.0. The maximum atomic E-state index is 11.9. The first-order valence-electron chi connectivity index (χ1n) is 6.12. The molecule has 3 nitrogen and oxygen atoms in total. The van der Waals surface area contributed by atoms with Crippen molar-refractivity contribution in [3.63, 3.8) is 0 Å². The number of carbonyl (C=O) groups excluding carboxylic acids is 1. The zero-order chi connectivity index (χ0) is 13.7. The Balaban J connectivity index is 2.52. The number of ether oxygens (including phenoxy) is 1. The van der Waals surface area contributed by atoms with Gasteiger partial charge in [0.15, 0.2) is 6.10 Å². The van der Waals surface area contributed by atoms with Crippen LogP contribution in [0.25, 0.3) is 0 Å². The van der Waals surface area contributed by atoms with Crippen LogP contribution in [-0.2, 0) is 4.79 Å². The van der Waals surface area contributed by atoms with Crippen LogP contribution in [0.1, 0.15) is 27.7 Å². The van der Waals surface area contributed by atoms with Crippen LogP contribution < -0.4 is 10.1 Å². The minimum absolute atomic E-state index is 0.0841. The summed E-state index contributed by atoms with van der Waals surface area (Å²) in [5, 5.41) is 2.94. The highest BCUT2D eigenvalue weighted by Crippen LogP contribution is 2.17. The second-order valence-electron chi connectivity index (χ2n) is 4.76. The summed E-state index contributed by atoms with van der Waals surface area (Å²) < 4.78 is 6.57. The van der Waals surface area contributed by atoms with E-state index in [4.69, 9.17) is 4.74 Å². The van der Waals surface area contributed by atoms with Gasteiger partial charge in [0, 0.05) is 10.5 Å². The second kappa shape index (κ2) is 6.78. The van der Waals surface area contributed by atoms with Crippen LogP contribution >= 0.6 is 15.9 Å². The Bertz CT molecular complexity index is 389. The molecule has 4 heteroatoms. The lowest BCUT2D eigenvalue weighted by molar-refractivity contribution is -0.128. The van der Waals surface area contributed by atoms with Crippen molar-refractivity contribution in [1.29, 1.82) is 0 Å². The van der Waals surface area contributed by atoms with Gasteiger partial charge < -0.3 is 10.1 Å². The van der Waals surface area contributed by atoms with Crippen LogP contribution in [0.2, 0.25) is 0 Å². The number of benzene rings is 1. The topological polar surface area (TPSA) is 38.3 Å². The lowest BCUT2D eigenvalue weighted by Crippen LogP contribution is -2.43. The summed E-state index contributed by atoms with van der Waals surface area (Å²) in [4.78, 5) is 11.9. The molecule has 0 unspecified atom stereocenters. The highest BCUT2D eigenvalue weighted by Gasteiger charge is 2.18. The van der Waals surface area contributed by atoms with E-state index in [9.17, 15) is 4.79 Å². The van der Waals surface area contributed by atoms with Gasteiger partial charge in [-0.05, 0) is 44.0 Å². The van der Waals surface area contributed by atoms with Gasteiger partial charge >= 0.3 is 0 Å². The summed E-state index contributed by atoms with van der Waals surface area (Å²) in [6.07, 6.45) is -0.493. The van der Waals surface area contributed by atoms with E-state index in [0.29, 0.717) is 11.7 Å². The Morgan fingerprint density at radius 3 is 2.22 bits per heavy atom. The lowest BCUT2D eigenvalue weighted by Gasteiger charge is -2.21. The molecule has 0 spiro atoms. The van der Waals surface area contributed by atoms with E-state index < -0.39 is 6.10 Å². The average molecular weight is 314 g/mol. The summed E-state index contributed by atoms with van der Waals surface area (Å²) in [5.74, 6) is 1.02. The van der Waals surface area contributed by atoms with Gasteiger partial charge in [-0.2, -0.15) is 0 Å². The van der Waals surface area contributed by atoms with Crippen molar-refractivity contribution in [1.82, 2.24) is 5.32 Å². The standard InChI is InChI=1S/C14H20BrNO2/c1-9(2)10(3)16-14(17)11(4)18-13-7-5-12(15)6-8-13/h5-11H,1-4H3,(H,16,17)/t10-,11+/m1/s1. The number of hydrogen-bond acceptors (Lipinski definition) is 2. The molecule has 1 aromatic carbocycles. The van der Waals surface area contributed by atoms with Crippen molar-refractivity contribution in [2.24, 2.45) is 5.92 Å². The van der Waals surface area contributed by atoms with Gasteiger partial charge in [-0.1, -0.05) is 29.8 Å². The minimum atomic E-state index is -0.493. The monoisotopic (exact) mass is 313 g/mol. The summed E-state index contributed by atoms with van der Waals surface area (Å²) >= 11 is 3.35. The first-order chi connectivity index (χ1) is 8.40. The zero-order valence-electron chi connectivity index (χ0n) is 11.2. The van der Waals surface area contributed by atoms with Crippen LogP contribution in [0.3, 0.4) is 0 Å². The van der Waals surface area contributed by atoms with Crippen LogP contribution in [-0.4, -0.2) is 18.1 Å². The van der Waals surface area contributed by atoms with E-state index >= 15 is 0 Å². The molecule has 0 saturated carbocycles. The number of hydrogen-bond donors (Lipinski definition) is 1. The van der Waals surface area contributed by atoms with Crippen LogP contribution in [0.4, 0.5) is 0 Å². The Morgan fingerprint density at radius 2 is 1.72 bits per heavy atom. The van der Waals surface area contributed by atoms with Crippen molar-refractivity contribution in [3.05, 3.63) is 28.7 Å². The van der Waals surface area contributed by atoms with Gasteiger partial charge in [0.05, 0.1) is 0 Å². The Kier molecular flexibility index (Phi) is 5.66.